The Hall–Kier alpha value is -2.37. The molecule has 6 nitrogen and oxygen atoms in total. The maximum Gasteiger partial charge on any atom is 0.311 e. The lowest BCUT2D eigenvalue weighted by Crippen LogP contribution is -2.43. The van der Waals surface area contributed by atoms with Crippen molar-refractivity contribution in [2.75, 3.05) is 19.7 Å². The Labute approximate surface area is 148 Å². The lowest BCUT2D eigenvalue weighted by Gasteiger charge is -2.20. The van der Waals surface area contributed by atoms with E-state index in [1.165, 1.54) is 0 Å². The first-order chi connectivity index (χ1) is 11.7. The summed E-state index contributed by atoms with van der Waals surface area (Å²) < 4.78 is 5.06. The molecule has 0 unspecified atom stereocenters. The highest BCUT2D eigenvalue weighted by atomic mass is 16.5. The van der Waals surface area contributed by atoms with Crippen LogP contribution < -0.4 is 5.32 Å². The number of amides is 2. The number of hydrogen-bond acceptors (Lipinski definition) is 4. The van der Waals surface area contributed by atoms with Crippen molar-refractivity contribution in [3.8, 4) is 0 Å². The monoisotopic (exact) mass is 346 g/mol. The molecular weight excluding hydrogens is 320 g/mol. The lowest BCUT2D eigenvalue weighted by atomic mass is 10.1. The first-order valence-corrected chi connectivity index (χ1v) is 8.54. The summed E-state index contributed by atoms with van der Waals surface area (Å²) in [5, 5.41) is 2.73. The fraction of sp³-hybridized carbons (Fsp3) is 0.526. The maximum absolute atomic E-state index is 12.1. The van der Waals surface area contributed by atoms with E-state index in [9.17, 15) is 14.4 Å². The summed E-state index contributed by atoms with van der Waals surface area (Å²) in [6.07, 6.45) is 0.900. The highest BCUT2D eigenvalue weighted by Crippen LogP contribution is 2.19. The van der Waals surface area contributed by atoms with E-state index in [4.69, 9.17) is 4.74 Å². The van der Waals surface area contributed by atoms with Crippen LogP contribution in [0.25, 0.3) is 0 Å². The molecule has 6 heteroatoms. The summed E-state index contributed by atoms with van der Waals surface area (Å²) in [6.45, 7) is 6.18. The Morgan fingerprint density at radius 2 is 1.92 bits per heavy atom. The van der Waals surface area contributed by atoms with E-state index in [1.807, 2.05) is 51.1 Å². The van der Waals surface area contributed by atoms with Crippen molar-refractivity contribution >= 4 is 17.8 Å². The standard InChI is InChI=1S/C19H26N2O4/c1-19(2,3)20-16(22)13-25-18(24)15-11-17(23)21(12-15)10-9-14-7-5-4-6-8-14/h4-8,15H,9-13H2,1-3H3,(H,20,22)/t15-/m0/s1. The van der Waals surface area contributed by atoms with Gasteiger partial charge in [-0.15, -0.1) is 0 Å². The zero-order valence-electron chi connectivity index (χ0n) is 15.1. The van der Waals surface area contributed by atoms with E-state index in [1.54, 1.807) is 4.90 Å². The van der Waals surface area contributed by atoms with Gasteiger partial charge in [0.15, 0.2) is 6.61 Å². The van der Waals surface area contributed by atoms with E-state index in [0.717, 1.165) is 12.0 Å². The number of ether oxygens (including phenoxy) is 1. The normalized spacial score (nSPS) is 17.5. The molecule has 1 saturated heterocycles. The van der Waals surface area contributed by atoms with Crippen molar-refractivity contribution in [1.29, 1.82) is 0 Å². The number of benzene rings is 1. The van der Waals surface area contributed by atoms with Crippen LogP contribution in [-0.4, -0.2) is 47.9 Å². The first kappa shape index (κ1) is 19.0. The van der Waals surface area contributed by atoms with Crippen molar-refractivity contribution in [3.05, 3.63) is 35.9 Å². The zero-order chi connectivity index (χ0) is 18.4. The predicted molar refractivity (Wildman–Crippen MR) is 93.7 cm³/mol. The highest BCUT2D eigenvalue weighted by molar-refractivity contribution is 5.88. The number of nitrogens with zero attached hydrogens (tertiary/aromatic N) is 1. The first-order valence-electron chi connectivity index (χ1n) is 8.54. The van der Waals surface area contributed by atoms with Crippen molar-refractivity contribution < 1.29 is 19.1 Å². The molecule has 136 valence electrons. The Kier molecular flexibility index (Phi) is 6.17. The SMILES string of the molecule is CC(C)(C)NC(=O)COC(=O)[C@H]1CC(=O)N(CCc2ccccc2)C1. The van der Waals surface area contributed by atoms with Crippen LogP contribution in [0.15, 0.2) is 30.3 Å². The van der Waals surface area contributed by atoms with Crippen LogP contribution in [0.1, 0.15) is 32.8 Å². The molecule has 25 heavy (non-hydrogen) atoms. The summed E-state index contributed by atoms with van der Waals surface area (Å²) >= 11 is 0. The van der Waals surface area contributed by atoms with Gasteiger partial charge < -0.3 is 15.0 Å². The van der Waals surface area contributed by atoms with Crippen molar-refractivity contribution in [2.45, 2.75) is 39.2 Å². The third-order valence-electron chi connectivity index (χ3n) is 3.92. The Bertz CT molecular complexity index is 622. The maximum atomic E-state index is 12.1. The van der Waals surface area contributed by atoms with E-state index < -0.39 is 11.9 Å². The predicted octanol–water partition coefficient (Wildman–Crippen LogP) is 1.54. The highest BCUT2D eigenvalue weighted by Gasteiger charge is 2.35. The molecule has 1 aliphatic heterocycles. The van der Waals surface area contributed by atoms with Crippen LogP contribution in [0.4, 0.5) is 0 Å². The van der Waals surface area contributed by atoms with Gasteiger partial charge in [-0.25, -0.2) is 0 Å². The quantitative estimate of drug-likeness (QED) is 0.793. The molecule has 1 heterocycles. The van der Waals surface area contributed by atoms with Crippen LogP contribution in [0.2, 0.25) is 0 Å². The van der Waals surface area contributed by atoms with Gasteiger partial charge >= 0.3 is 5.97 Å². The summed E-state index contributed by atoms with van der Waals surface area (Å²) in [5.74, 6) is -1.37. The molecule has 0 spiro atoms. The minimum Gasteiger partial charge on any atom is -0.455 e. The summed E-state index contributed by atoms with van der Waals surface area (Å²) in [6, 6.07) is 9.90. The Balaban J connectivity index is 1.77. The number of likely N-dealkylation sites (tertiary alicyclic amines) is 1. The Morgan fingerprint density at radius 3 is 2.56 bits per heavy atom. The molecule has 1 fully saturated rings. The van der Waals surface area contributed by atoms with Crippen molar-refractivity contribution in [2.24, 2.45) is 5.92 Å². The number of hydrogen-bond donors (Lipinski definition) is 1. The number of carbonyl (C=O) groups excluding carboxylic acids is 3. The molecule has 2 rings (SSSR count). The van der Waals surface area contributed by atoms with E-state index >= 15 is 0 Å². The lowest BCUT2D eigenvalue weighted by molar-refractivity contribution is -0.152. The van der Waals surface area contributed by atoms with Crippen LogP contribution in [0, 0.1) is 5.92 Å². The number of nitrogens with one attached hydrogen (secondary N) is 1. The third kappa shape index (κ3) is 6.21. The second kappa shape index (κ2) is 8.14. The summed E-state index contributed by atoms with van der Waals surface area (Å²) in [7, 11) is 0. The van der Waals surface area contributed by atoms with Gasteiger partial charge in [0.1, 0.15) is 0 Å². The smallest absolute Gasteiger partial charge is 0.311 e. The van der Waals surface area contributed by atoms with Gasteiger partial charge in [-0.05, 0) is 32.8 Å². The number of rotatable bonds is 6. The molecule has 0 saturated carbocycles. The minimum absolute atomic E-state index is 0.0444. The third-order valence-corrected chi connectivity index (χ3v) is 3.92. The van der Waals surface area contributed by atoms with Gasteiger partial charge in [0.25, 0.3) is 5.91 Å². The largest absolute Gasteiger partial charge is 0.455 e. The number of esters is 1. The molecule has 0 radical (unpaired) electrons. The van der Waals surface area contributed by atoms with Gasteiger partial charge in [-0.3, -0.25) is 14.4 Å². The Morgan fingerprint density at radius 1 is 1.24 bits per heavy atom. The van der Waals surface area contributed by atoms with Gasteiger partial charge in [-0.1, -0.05) is 30.3 Å². The van der Waals surface area contributed by atoms with Gasteiger partial charge in [0.05, 0.1) is 5.92 Å². The van der Waals surface area contributed by atoms with Crippen LogP contribution in [-0.2, 0) is 25.5 Å². The fourth-order valence-electron chi connectivity index (χ4n) is 2.76. The zero-order valence-corrected chi connectivity index (χ0v) is 15.1. The average molecular weight is 346 g/mol. The van der Waals surface area contributed by atoms with Crippen LogP contribution in [0.3, 0.4) is 0 Å². The van der Waals surface area contributed by atoms with Gasteiger partial charge in [0, 0.05) is 25.0 Å². The number of carbonyl (C=O) groups is 3. The van der Waals surface area contributed by atoms with Crippen LogP contribution in [0.5, 0.6) is 0 Å². The van der Waals surface area contributed by atoms with Gasteiger partial charge in [0.2, 0.25) is 5.91 Å². The molecule has 2 amide bonds. The van der Waals surface area contributed by atoms with Crippen molar-refractivity contribution in [1.82, 2.24) is 10.2 Å². The fourth-order valence-corrected chi connectivity index (χ4v) is 2.76. The molecule has 0 aromatic heterocycles. The van der Waals surface area contributed by atoms with Gasteiger partial charge in [-0.2, -0.15) is 0 Å². The second-order valence-electron chi connectivity index (χ2n) is 7.38. The average Bonchev–Trinajstić information content (AvgIpc) is 2.91. The second-order valence-corrected chi connectivity index (χ2v) is 7.38. The van der Waals surface area contributed by atoms with E-state index in [-0.39, 0.29) is 30.4 Å². The molecule has 0 aliphatic carbocycles. The van der Waals surface area contributed by atoms with E-state index in [2.05, 4.69) is 5.32 Å². The van der Waals surface area contributed by atoms with Crippen LogP contribution >= 0.6 is 0 Å². The minimum atomic E-state index is -0.495. The summed E-state index contributed by atoms with van der Waals surface area (Å²) in [4.78, 5) is 37.6. The molecule has 0 bridgehead atoms. The molecule has 1 atom stereocenters. The molecule has 1 N–H and O–H groups in total. The summed E-state index contributed by atoms with van der Waals surface area (Å²) in [5.41, 5.74) is 0.779. The molecule has 1 aliphatic rings. The van der Waals surface area contributed by atoms with Crippen molar-refractivity contribution in [3.63, 3.8) is 0 Å². The van der Waals surface area contributed by atoms with E-state index in [0.29, 0.717) is 13.1 Å². The molecule has 1 aromatic carbocycles. The molecular formula is C19H26N2O4. The topological polar surface area (TPSA) is 75.7 Å². The molecule has 1 aromatic rings.